The summed E-state index contributed by atoms with van der Waals surface area (Å²) in [5.41, 5.74) is 0.477. The monoisotopic (exact) mass is 364 g/mol. The maximum atomic E-state index is 12.9. The number of piperidine rings is 1. The quantitative estimate of drug-likeness (QED) is 0.828. The molecule has 2 fully saturated rings. The van der Waals surface area contributed by atoms with Crippen LogP contribution in [0.2, 0.25) is 0 Å². The van der Waals surface area contributed by atoms with E-state index in [0.717, 1.165) is 51.6 Å². The van der Waals surface area contributed by atoms with Crippen LogP contribution in [0.3, 0.4) is 0 Å². The van der Waals surface area contributed by atoms with Crippen molar-refractivity contribution >= 4 is 15.9 Å². The van der Waals surface area contributed by atoms with E-state index in [2.05, 4.69) is 6.92 Å². The summed E-state index contributed by atoms with van der Waals surface area (Å²) in [6.07, 6.45) is 6.13. The summed E-state index contributed by atoms with van der Waals surface area (Å²) in [5, 5.41) is 0. The van der Waals surface area contributed by atoms with Crippen molar-refractivity contribution in [2.75, 3.05) is 26.2 Å². The molecule has 138 valence electrons. The van der Waals surface area contributed by atoms with Gasteiger partial charge in [-0.1, -0.05) is 25.8 Å². The van der Waals surface area contributed by atoms with E-state index in [4.69, 9.17) is 0 Å². The normalized spacial score (nSPS) is 23.2. The third-order valence-electron chi connectivity index (χ3n) is 5.23. The Morgan fingerprint density at radius 3 is 2.44 bits per heavy atom. The van der Waals surface area contributed by atoms with Crippen molar-refractivity contribution in [3.05, 3.63) is 29.8 Å². The number of amides is 1. The Morgan fingerprint density at radius 2 is 1.76 bits per heavy atom. The molecule has 6 heteroatoms. The van der Waals surface area contributed by atoms with Crippen molar-refractivity contribution < 1.29 is 13.2 Å². The molecule has 1 atom stereocenters. The third kappa shape index (κ3) is 4.23. The molecule has 0 N–H and O–H groups in total. The molecule has 0 aromatic heterocycles. The van der Waals surface area contributed by atoms with Gasteiger partial charge < -0.3 is 4.90 Å². The number of benzene rings is 1. The van der Waals surface area contributed by atoms with Gasteiger partial charge in [-0.3, -0.25) is 4.79 Å². The first-order valence-electron chi connectivity index (χ1n) is 9.38. The summed E-state index contributed by atoms with van der Waals surface area (Å²) >= 11 is 0. The highest BCUT2D eigenvalue weighted by molar-refractivity contribution is 7.89. The van der Waals surface area contributed by atoms with Gasteiger partial charge in [-0.2, -0.15) is 4.31 Å². The molecule has 2 aliphatic rings. The van der Waals surface area contributed by atoms with Crippen molar-refractivity contribution in [3.63, 3.8) is 0 Å². The number of hydrogen-bond donors (Lipinski definition) is 0. The molecule has 1 amide bonds. The first-order chi connectivity index (χ1) is 12.0. The topological polar surface area (TPSA) is 57.7 Å². The fourth-order valence-corrected chi connectivity index (χ4v) is 5.34. The minimum atomic E-state index is -3.52. The molecule has 25 heavy (non-hydrogen) atoms. The summed E-state index contributed by atoms with van der Waals surface area (Å²) in [5.74, 6) is 0.446. The summed E-state index contributed by atoms with van der Waals surface area (Å²) < 4.78 is 27.5. The molecule has 0 saturated carbocycles. The van der Waals surface area contributed by atoms with Crippen LogP contribution in [0.1, 0.15) is 55.8 Å². The van der Waals surface area contributed by atoms with Crippen LogP contribution in [0.5, 0.6) is 0 Å². The molecule has 2 heterocycles. The number of nitrogens with zero attached hydrogens (tertiary/aromatic N) is 2. The van der Waals surface area contributed by atoms with Gasteiger partial charge in [0.2, 0.25) is 10.0 Å². The Labute approximate surface area is 151 Å². The van der Waals surface area contributed by atoms with Gasteiger partial charge in [0.25, 0.3) is 5.91 Å². The molecule has 0 aliphatic carbocycles. The van der Waals surface area contributed by atoms with E-state index in [1.54, 1.807) is 28.6 Å². The van der Waals surface area contributed by atoms with E-state index in [9.17, 15) is 13.2 Å². The zero-order valence-electron chi connectivity index (χ0n) is 15.0. The average molecular weight is 365 g/mol. The fraction of sp³-hybridized carbons (Fsp3) is 0.632. The standard InChI is InChI=1S/C19H28N2O3S/c1-16-8-7-11-20(15-16)19(22)17-9-6-10-18(14-17)25(23,24)21-12-4-2-3-5-13-21/h6,9-10,14,16H,2-5,7-8,11-13,15H2,1H3/t16-/m0/s1. The minimum Gasteiger partial charge on any atom is -0.338 e. The molecule has 2 aliphatic heterocycles. The van der Waals surface area contributed by atoms with Gasteiger partial charge in [-0.25, -0.2) is 8.42 Å². The van der Waals surface area contributed by atoms with Crippen molar-refractivity contribution in [1.29, 1.82) is 0 Å². The lowest BCUT2D eigenvalue weighted by Crippen LogP contribution is -2.39. The van der Waals surface area contributed by atoms with Gasteiger partial charge in [0.15, 0.2) is 0 Å². The van der Waals surface area contributed by atoms with Crippen molar-refractivity contribution in [1.82, 2.24) is 9.21 Å². The van der Waals surface area contributed by atoms with E-state index < -0.39 is 10.0 Å². The van der Waals surface area contributed by atoms with E-state index in [0.29, 0.717) is 24.6 Å². The summed E-state index contributed by atoms with van der Waals surface area (Å²) in [6.45, 7) is 4.81. The van der Waals surface area contributed by atoms with Crippen LogP contribution >= 0.6 is 0 Å². The van der Waals surface area contributed by atoms with E-state index in [1.165, 1.54) is 0 Å². The van der Waals surface area contributed by atoms with Gasteiger partial charge in [-0.05, 0) is 49.8 Å². The zero-order valence-corrected chi connectivity index (χ0v) is 15.8. The van der Waals surface area contributed by atoms with Crippen LogP contribution in [0.25, 0.3) is 0 Å². The number of rotatable bonds is 3. The van der Waals surface area contributed by atoms with Crippen LogP contribution in [0.15, 0.2) is 29.2 Å². The number of hydrogen-bond acceptors (Lipinski definition) is 3. The van der Waals surface area contributed by atoms with E-state index >= 15 is 0 Å². The number of carbonyl (C=O) groups excluding carboxylic acids is 1. The highest BCUT2D eigenvalue weighted by Crippen LogP contribution is 2.23. The average Bonchev–Trinajstić information content (AvgIpc) is 2.91. The molecule has 1 aromatic rings. The molecule has 0 bridgehead atoms. The van der Waals surface area contributed by atoms with Gasteiger partial charge >= 0.3 is 0 Å². The summed E-state index contributed by atoms with van der Waals surface area (Å²) in [7, 11) is -3.52. The zero-order chi connectivity index (χ0) is 17.9. The second-order valence-corrected chi connectivity index (χ2v) is 9.28. The van der Waals surface area contributed by atoms with Crippen LogP contribution in [-0.4, -0.2) is 49.7 Å². The Balaban J connectivity index is 1.81. The third-order valence-corrected chi connectivity index (χ3v) is 7.12. The number of sulfonamides is 1. The molecular formula is C19H28N2O3S. The van der Waals surface area contributed by atoms with E-state index in [1.807, 2.05) is 4.90 Å². The molecule has 0 radical (unpaired) electrons. The lowest BCUT2D eigenvalue weighted by atomic mass is 9.99. The maximum Gasteiger partial charge on any atom is 0.253 e. The van der Waals surface area contributed by atoms with Crippen LogP contribution in [0.4, 0.5) is 0 Å². The van der Waals surface area contributed by atoms with Gasteiger partial charge in [0.05, 0.1) is 4.90 Å². The summed E-state index contributed by atoms with van der Waals surface area (Å²) in [6, 6.07) is 6.58. The SMILES string of the molecule is C[C@H]1CCCN(C(=O)c2cccc(S(=O)(=O)N3CCCCCC3)c2)C1. The molecule has 0 spiro atoms. The lowest BCUT2D eigenvalue weighted by molar-refractivity contribution is 0.0683. The predicted molar refractivity (Wildman–Crippen MR) is 98.0 cm³/mol. The number of carbonyl (C=O) groups is 1. The second kappa shape index (κ2) is 7.87. The predicted octanol–water partition coefficient (Wildman–Crippen LogP) is 3.12. The molecule has 5 nitrogen and oxygen atoms in total. The van der Waals surface area contributed by atoms with E-state index in [-0.39, 0.29) is 10.8 Å². The maximum absolute atomic E-state index is 12.9. The van der Waals surface area contributed by atoms with Crippen LogP contribution in [-0.2, 0) is 10.0 Å². The van der Waals surface area contributed by atoms with Gasteiger partial charge in [0.1, 0.15) is 0 Å². The Kier molecular flexibility index (Phi) is 5.79. The Bertz CT molecular complexity index is 709. The largest absolute Gasteiger partial charge is 0.338 e. The highest BCUT2D eigenvalue weighted by Gasteiger charge is 2.27. The smallest absolute Gasteiger partial charge is 0.253 e. The molecule has 0 unspecified atom stereocenters. The molecule has 3 rings (SSSR count). The lowest BCUT2D eigenvalue weighted by Gasteiger charge is -2.31. The van der Waals surface area contributed by atoms with Crippen LogP contribution < -0.4 is 0 Å². The second-order valence-electron chi connectivity index (χ2n) is 7.34. The fourth-order valence-electron chi connectivity index (χ4n) is 3.78. The minimum absolute atomic E-state index is 0.0560. The molecular weight excluding hydrogens is 336 g/mol. The van der Waals surface area contributed by atoms with Gasteiger partial charge in [0, 0.05) is 31.7 Å². The summed E-state index contributed by atoms with van der Waals surface area (Å²) in [4.78, 5) is 14.9. The Hall–Kier alpha value is -1.40. The first kappa shape index (κ1) is 18.4. The first-order valence-corrected chi connectivity index (χ1v) is 10.8. The van der Waals surface area contributed by atoms with Gasteiger partial charge in [-0.15, -0.1) is 0 Å². The van der Waals surface area contributed by atoms with Crippen molar-refractivity contribution in [2.45, 2.75) is 50.3 Å². The molecule has 1 aromatic carbocycles. The highest BCUT2D eigenvalue weighted by atomic mass is 32.2. The Morgan fingerprint density at radius 1 is 1.04 bits per heavy atom. The molecule has 2 saturated heterocycles. The van der Waals surface area contributed by atoms with Crippen molar-refractivity contribution in [2.24, 2.45) is 5.92 Å². The number of likely N-dealkylation sites (tertiary alicyclic amines) is 1. The van der Waals surface area contributed by atoms with Crippen molar-refractivity contribution in [3.8, 4) is 0 Å². The van der Waals surface area contributed by atoms with Crippen LogP contribution in [0, 0.1) is 5.92 Å².